The van der Waals surface area contributed by atoms with Gasteiger partial charge in [0.05, 0.1) is 0 Å². The van der Waals surface area contributed by atoms with Gasteiger partial charge in [-0.1, -0.05) is 44.2 Å². The average molecular weight is 283 g/mol. The molecule has 1 aromatic carbocycles. The minimum absolute atomic E-state index is 0.440. The zero-order valence-corrected chi connectivity index (χ0v) is 13.5. The van der Waals surface area contributed by atoms with Gasteiger partial charge < -0.3 is 5.32 Å². The number of likely N-dealkylation sites (N-methyl/N-ethyl adjacent to an activating group) is 1. The highest BCUT2D eigenvalue weighted by Crippen LogP contribution is 2.21. The summed E-state index contributed by atoms with van der Waals surface area (Å²) in [7, 11) is 0. The first kappa shape index (κ1) is 15.6. The normalized spacial score (nSPS) is 12.4. The SMILES string of the molecule is CCNCC(C)c1c(C)nc(Cc2ccccc2)nc1C. The van der Waals surface area contributed by atoms with Gasteiger partial charge >= 0.3 is 0 Å². The second-order valence-corrected chi connectivity index (χ2v) is 5.60. The van der Waals surface area contributed by atoms with E-state index in [2.05, 4.69) is 57.3 Å². The van der Waals surface area contributed by atoms with E-state index in [9.17, 15) is 0 Å². The fraction of sp³-hybridized carbons (Fsp3) is 0.444. The Morgan fingerprint density at radius 3 is 2.24 bits per heavy atom. The molecule has 0 saturated heterocycles. The van der Waals surface area contributed by atoms with Crippen LogP contribution in [0.3, 0.4) is 0 Å². The highest BCUT2D eigenvalue weighted by atomic mass is 14.9. The van der Waals surface area contributed by atoms with Crippen LogP contribution in [0.25, 0.3) is 0 Å². The standard InChI is InChI=1S/C18H25N3/c1-5-19-12-13(2)18-14(3)20-17(21-15(18)4)11-16-9-7-6-8-10-16/h6-10,13,19H,5,11-12H2,1-4H3. The molecule has 0 radical (unpaired) electrons. The third-order valence-electron chi connectivity index (χ3n) is 3.77. The molecule has 0 spiro atoms. The number of rotatable bonds is 6. The van der Waals surface area contributed by atoms with Crippen LogP contribution in [-0.4, -0.2) is 23.1 Å². The second-order valence-electron chi connectivity index (χ2n) is 5.60. The van der Waals surface area contributed by atoms with Crippen molar-refractivity contribution in [3.8, 4) is 0 Å². The lowest BCUT2D eigenvalue weighted by Gasteiger charge is -2.17. The Bertz CT molecular complexity index is 555. The summed E-state index contributed by atoms with van der Waals surface area (Å²) in [6.45, 7) is 10.5. The number of aromatic nitrogens is 2. The molecule has 0 aliphatic carbocycles. The van der Waals surface area contributed by atoms with Gasteiger partial charge in [-0.2, -0.15) is 0 Å². The van der Waals surface area contributed by atoms with Crippen LogP contribution in [0.2, 0.25) is 0 Å². The summed E-state index contributed by atoms with van der Waals surface area (Å²) < 4.78 is 0. The van der Waals surface area contributed by atoms with Crippen LogP contribution in [0.5, 0.6) is 0 Å². The number of nitrogens with one attached hydrogen (secondary N) is 1. The van der Waals surface area contributed by atoms with Crippen molar-refractivity contribution in [3.63, 3.8) is 0 Å². The van der Waals surface area contributed by atoms with Crippen molar-refractivity contribution < 1.29 is 0 Å². The molecule has 1 N–H and O–H groups in total. The number of hydrogen-bond donors (Lipinski definition) is 1. The Morgan fingerprint density at radius 1 is 1.05 bits per heavy atom. The maximum absolute atomic E-state index is 4.72. The van der Waals surface area contributed by atoms with E-state index in [0.717, 1.165) is 36.7 Å². The zero-order chi connectivity index (χ0) is 15.2. The first-order valence-corrected chi connectivity index (χ1v) is 7.70. The lowest BCUT2D eigenvalue weighted by molar-refractivity contribution is 0.622. The van der Waals surface area contributed by atoms with Crippen molar-refractivity contribution in [1.29, 1.82) is 0 Å². The average Bonchev–Trinajstić information content (AvgIpc) is 2.45. The van der Waals surface area contributed by atoms with Gasteiger partial charge in [0.1, 0.15) is 5.82 Å². The Kier molecular flexibility index (Phi) is 5.45. The molecule has 1 heterocycles. The van der Waals surface area contributed by atoms with Gasteiger partial charge in [0.15, 0.2) is 0 Å². The molecule has 2 rings (SSSR count). The van der Waals surface area contributed by atoms with Crippen molar-refractivity contribution in [3.05, 3.63) is 58.7 Å². The number of benzene rings is 1. The zero-order valence-electron chi connectivity index (χ0n) is 13.5. The third kappa shape index (κ3) is 4.11. The molecule has 0 bridgehead atoms. The van der Waals surface area contributed by atoms with E-state index in [1.807, 2.05) is 6.07 Å². The fourth-order valence-corrected chi connectivity index (χ4v) is 2.83. The number of nitrogens with zero attached hydrogens (tertiary/aromatic N) is 2. The molecule has 112 valence electrons. The Labute approximate surface area is 127 Å². The number of aryl methyl sites for hydroxylation is 2. The van der Waals surface area contributed by atoms with Crippen LogP contribution in [0.4, 0.5) is 0 Å². The van der Waals surface area contributed by atoms with Crippen LogP contribution in [0.1, 0.15) is 48.1 Å². The largest absolute Gasteiger partial charge is 0.316 e. The number of hydrogen-bond acceptors (Lipinski definition) is 3. The summed E-state index contributed by atoms with van der Waals surface area (Å²) >= 11 is 0. The summed E-state index contributed by atoms with van der Waals surface area (Å²) in [5.74, 6) is 1.35. The first-order valence-electron chi connectivity index (χ1n) is 7.70. The van der Waals surface area contributed by atoms with Gasteiger partial charge in [-0.15, -0.1) is 0 Å². The van der Waals surface area contributed by atoms with Crippen molar-refractivity contribution in [1.82, 2.24) is 15.3 Å². The predicted molar refractivity (Wildman–Crippen MR) is 87.7 cm³/mol. The van der Waals surface area contributed by atoms with Crippen LogP contribution in [0, 0.1) is 13.8 Å². The van der Waals surface area contributed by atoms with Crippen molar-refractivity contribution in [2.24, 2.45) is 0 Å². The Morgan fingerprint density at radius 2 is 1.67 bits per heavy atom. The van der Waals surface area contributed by atoms with Gasteiger partial charge in [-0.3, -0.25) is 0 Å². The van der Waals surface area contributed by atoms with Gasteiger partial charge in [0.2, 0.25) is 0 Å². The van der Waals surface area contributed by atoms with Gasteiger partial charge in [0.25, 0.3) is 0 Å². The van der Waals surface area contributed by atoms with Crippen molar-refractivity contribution in [2.75, 3.05) is 13.1 Å². The maximum atomic E-state index is 4.72. The van der Waals surface area contributed by atoms with E-state index in [1.54, 1.807) is 0 Å². The molecule has 0 fully saturated rings. The van der Waals surface area contributed by atoms with Gasteiger partial charge in [0, 0.05) is 24.4 Å². The molecule has 3 nitrogen and oxygen atoms in total. The van der Waals surface area contributed by atoms with Gasteiger partial charge in [-0.25, -0.2) is 9.97 Å². The van der Waals surface area contributed by atoms with Crippen LogP contribution in [0.15, 0.2) is 30.3 Å². The third-order valence-corrected chi connectivity index (χ3v) is 3.77. The maximum Gasteiger partial charge on any atom is 0.133 e. The van der Waals surface area contributed by atoms with E-state index in [4.69, 9.17) is 9.97 Å². The fourth-order valence-electron chi connectivity index (χ4n) is 2.83. The molecule has 3 heteroatoms. The highest BCUT2D eigenvalue weighted by Gasteiger charge is 2.14. The molecular weight excluding hydrogens is 258 g/mol. The second kappa shape index (κ2) is 7.32. The molecule has 0 aliphatic heterocycles. The molecule has 0 saturated carbocycles. The van der Waals surface area contributed by atoms with Gasteiger partial charge in [-0.05, 0) is 37.4 Å². The topological polar surface area (TPSA) is 37.8 Å². The highest BCUT2D eigenvalue weighted by molar-refractivity contribution is 5.29. The summed E-state index contributed by atoms with van der Waals surface area (Å²) in [6, 6.07) is 10.4. The summed E-state index contributed by atoms with van der Waals surface area (Å²) in [4.78, 5) is 9.44. The molecule has 0 amide bonds. The quantitative estimate of drug-likeness (QED) is 0.883. The predicted octanol–water partition coefficient (Wildman–Crippen LogP) is 3.40. The Balaban J connectivity index is 2.20. The molecule has 1 atom stereocenters. The molecule has 1 unspecified atom stereocenters. The van der Waals surface area contributed by atoms with Crippen LogP contribution >= 0.6 is 0 Å². The van der Waals surface area contributed by atoms with E-state index in [-0.39, 0.29) is 0 Å². The summed E-state index contributed by atoms with van der Waals surface area (Å²) in [5.41, 5.74) is 4.76. The summed E-state index contributed by atoms with van der Waals surface area (Å²) in [5, 5.41) is 3.40. The molecule has 21 heavy (non-hydrogen) atoms. The van der Waals surface area contributed by atoms with E-state index in [0.29, 0.717) is 5.92 Å². The smallest absolute Gasteiger partial charge is 0.133 e. The van der Waals surface area contributed by atoms with Crippen LogP contribution < -0.4 is 5.32 Å². The minimum Gasteiger partial charge on any atom is -0.316 e. The van der Waals surface area contributed by atoms with E-state index in [1.165, 1.54) is 11.1 Å². The van der Waals surface area contributed by atoms with Crippen LogP contribution in [-0.2, 0) is 6.42 Å². The molecule has 0 aliphatic rings. The minimum atomic E-state index is 0.440. The molecule has 1 aromatic heterocycles. The summed E-state index contributed by atoms with van der Waals surface area (Å²) in [6.07, 6.45) is 0.796. The lowest BCUT2D eigenvalue weighted by atomic mass is 9.97. The lowest BCUT2D eigenvalue weighted by Crippen LogP contribution is -2.21. The van der Waals surface area contributed by atoms with Crippen molar-refractivity contribution in [2.45, 2.75) is 40.0 Å². The molecule has 2 aromatic rings. The van der Waals surface area contributed by atoms with E-state index >= 15 is 0 Å². The first-order chi connectivity index (χ1) is 10.1. The molecular formula is C18H25N3. The Hall–Kier alpha value is -1.74. The van der Waals surface area contributed by atoms with Crippen molar-refractivity contribution >= 4 is 0 Å². The van der Waals surface area contributed by atoms with E-state index < -0.39 is 0 Å². The monoisotopic (exact) mass is 283 g/mol.